The third kappa shape index (κ3) is 4.16. The van der Waals surface area contributed by atoms with Gasteiger partial charge in [0.05, 0.1) is 0 Å². The van der Waals surface area contributed by atoms with E-state index in [9.17, 15) is 0 Å². The van der Waals surface area contributed by atoms with Gasteiger partial charge in [0.2, 0.25) is 17.8 Å². The van der Waals surface area contributed by atoms with Crippen LogP contribution in [0.1, 0.15) is 0 Å². The van der Waals surface area contributed by atoms with Gasteiger partial charge in [-0.25, -0.2) is 0 Å². The lowest BCUT2D eigenvalue weighted by Crippen LogP contribution is -2.10. The van der Waals surface area contributed by atoms with E-state index in [4.69, 9.17) is 21.0 Å². The van der Waals surface area contributed by atoms with Crippen molar-refractivity contribution in [3.05, 3.63) is 0 Å². The third-order valence-corrected chi connectivity index (χ3v) is 1.04. The fourth-order valence-electron chi connectivity index (χ4n) is 0.625. The zero-order chi connectivity index (χ0) is 11.0. The number of nitrogens with two attached hydrogens (primary N) is 2. The van der Waals surface area contributed by atoms with Crippen LogP contribution >= 0.6 is 0 Å². The summed E-state index contributed by atoms with van der Waals surface area (Å²) >= 11 is 0. The highest BCUT2D eigenvalue weighted by molar-refractivity contribution is 5.36. The molecule has 0 fully saturated rings. The van der Waals surface area contributed by atoms with Crippen molar-refractivity contribution in [2.75, 3.05) is 30.6 Å². The van der Waals surface area contributed by atoms with Gasteiger partial charge >= 0.3 is 0 Å². The molecule has 0 saturated carbocycles. The van der Waals surface area contributed by atoms with E-state index >= 15 is 0 Å². The fraction of sp³-hybridized carbons (Fsp3) is 0.333. The van der Waals surface area contributed by atoms with Gasteiger partial charge in [0.15, 0.2) is 0 Å². The van der Waals surface area contributed by atoms with Crippen LogP contribution in [0.25, 0.3) is 0 Å². The molecular formula is C6H12N6O2. The molecule has 0 unspecified atom stereocenters. The number of nitrogens with zero attached hydrogens (tertiary/aromatic N) is 3. The summed E-state index contributed by atoms with van der Waals surface area (Å²) in [5.74, 6) is 0.476. The highest BCUT2D eigenvalue weighted by Gasteiger charge is 1.98. The maximum Gasteiger partial charge on any atom is 0.231 e. The van der Waals surface area contributed by atoms with Gasteiger partial charge in [-0.3, -0.25) is 0 Å². The van der Waals surface area contributed by atoms with Crippen molar-refractivity contribution in [2.24, 2.45) is 0 Å². The molecular weight excluding hydrogens is 188 g/mol. The number of nitrogen functional groups attached to an aromatic ring is 2. The second-order valence-corrected chi connectivity index (χ2v) is 1.99. The smallest absolute Gasteiger partial charge is 0.231 e. The van der Waals surface area contributed by atoms with Gasteiger partial charge in [0, 0.05) is 7.11 Å². The Kier molecular flexibility index (Phi) is 5.63. The lowest BCUT2D eigenvalue weighted by atomic mass is 10.8. The molecule has 0 aromatic carbocycles. The number of anilines is 3. The highest BCUT2D eigenvalue weighted by atomic mass is 16.5. The molecule has 0 saturated heterocycles. The minimum Gasteiger partial charge on any atom is -0.368 e. The molecule has 0 amide bonds. The van der Waals surface area contributed by atoms with Gasteiger partial charge in [-0.05, 0) is 0 Å². The van der Waals surface area contributed by atoms with Crippen molar-refractivity contribution >= 4 is 24.6 Å². The second-order valence-electron chi connectivity index (χ2n) is 1.99. The molecule has 1 aromatic rings. The monoisotopic (exact) mass is 200 g/mol. The van der Waals surface area contributed by atoms with Crippen molar-refractivity contribution in [1.82, 2.24) is 15.0 Å². The molecule has 0 aliphatic rings. The molecule has 0 aliphatic heterocycles. The Morgan fingerprint density at radius 1 is 1.29 bits per heavy atom. The van der Waals surface area contributed by atoms with Gasteiger partial charge in [-0.2, -0.15) is 15.0 Å². The summed E-state index contributed by atoms with van der Waals surface area (Å²) in [7, 11) is 1.54. The summed E-state index contributed by atoms with van der Waals surface area (Å²) in [5, 5.41) is 2.73. The third-order valence-electron chi connectivity index (χ3n) is 1.04. The predicted molar refractivity (Wildman–Crippen MR) is 51.3 cm³/mol. The normalized spacial score (nSPS) is 8.64. The Hall–Kier alpha value is -1.96. The van der Waals surface area contributed by atoms with Crippen molar-refractivity contribution in [1.29, 1.82) is 0 Å². The van der Waals surface area contributed by atoms with Crippen LogP contribution in [-0.4, -0.2) is 35.6 Å². The van der Waals surface area contributed by atoms with E-state index in [1.807, 2.05) is 6.79 Å². The van der Waals surface area contributed by atoms with E-state index in [0.29, 0.717) is 12.7 Å². The zero-order valence-electron chi connectivity index (χ0n) is 7.73. The van der Waals surface area contributed by atoms with Crippen molar-refractivity contribution < 1.29 is 9.53 Å². The zero-order valence-corrected chi connectivity index (χ0v) is 7.73. The number of methoxy groups -OCH3 is 1. The van der Waals surface area contributed by atoms with Crippen LogP contribution in [0.2, 0.25) is 0 Å². The van der Waals surface area contributed by atoms with Crippen LogP contribution in [0.5, 0.6) is 0 Å². The molecule has 5 N–H and O–H groups in total. The molecule has 14 heavy (non-hydrogen) atoms. The van der Waals surface area contributed by atoms with Crippen LogP contribution in [-0.2, 0) is 9.53 Å². The topological polar surface area (TPSA) is 129 Å². The van der Waals surface area contributed by atoms with Crippen LogP contribution < -0.4 is 16.8 Å². The molecule has 0 aliphatic carbocycles. The van der Waals surface area contributed by atoms with E-state index in [1.165, 1.54) is 0 Å². The molecule has 0 atom stereocenters. The molecule has 0 spiro atoms. The SMILES string of the molecule is C=O.COCNc1nc(N)nc(N)n1. The van der Waals surface area contributed by atoms with Crippen LogP contribution in [0.4, 0.5) is 17.8 Å². The minimum atomic E-state index is 0.0844. The first kappa shape index (κ1) is 12.0. The Morgan fingerprint density at radius 3 is 2.21 bits per heavy atom. The summed E-state index contributed by atoms with van der Waals surface area (Å²) < 4.78 is 4.73. The number of ether oxygens (including phenoxy) is 1. The average molecular weight is 200 g/mol. The Balaban J connectivity index is 0.000000791. The van der Waals surface area contributed by atoms with E-state index in [2.05, 4.69) is 20.3 Å². The number of hydrogen-bond donors (Lipinski definition) is 3. The van der Waals surface area contributed by atoms with Gasteiger partial charge in [0.25, 0.3) is 0 Å². The molecule has 8 nitrogen and oxygen atoms in total. The van der Waals surface area contributed by atoms with Crippen LogP contribution in [0.3, 0.4) is 0 Å². The summed E-state index contributed by atoms with van der Waals surface area (Å²) in [6, 6.07) is 0. The van der Waals surface area contributed by atoms with Gasteiger partial charge < -0.3 is 26.3 Å². The first-order valence-electron chi connectivity index (χ1n) is 3.51. The largest absolute Gasteiger partial charge is 0.368 e. The number of rotatable bonds is 3. The number of aromatic nitrogens is 3. The number of carbonyl (C=O) groups is 1. The summed E-state index contributed by atoms with van der Waals surface area (Å²) in [6.45, 7) is 2.29. The molecule has 1 heterocycles. The Morgan fingerprint density at radius 2 is 1.79 bits per heavy atom. The molecule has 1 aromatic heterocycles. The number of nitrogens with one attached hydrogen (secondary N) is 1. The molecule has 78 valence electrons. The van der Waals surface area contributed by atoms with Crippen molar-refractivity contribution in [3.63, 3.8) is 0 Å². The Labute approximate surface area is 80.7 Å². The van der Waals surface area contributed by atoms with E-state index in [-0.39, 0.29) is 11.9 Å². The molecule has 0 radical (unpaired) electrons. The lowest BCUT2D eigenvalue weighted by molar-refractivity contribution is -0.0979. The lowest BCUT2D eigenvalue weighted by Gasteiger charge is -2.03. The first-order chi connectivity index (χ1) is 6.72. The van der Waals surface area contributed by atoms with E-state index < -0.39 is 0 Å². The maximum atomic E-state index is 8.00. The molecule has 0 bridgehead atoms. The quantitative estimate of drug-likeness (QED) is 0.522. The summed E-state index contributed by atoms with van der Waals surface area (Å²) in [4.78, 5) is 19.1. The Bertz CT molecular complexity index is 261. The van der Waals surface area contributed by atoms with E-state index in [1.54, 1.807) is 7.11 Å². The van der Waals surface area contributed by atoms with Crippen LogP contribution in [0, 0.1) is 0 Å². The predicted octanol–water partition coefficient (Wildman–Crippen LogP) is -1.13. The number of carbonyl (C=O) groups excluding carboxylic acids is 1. The van der Waals surface area contributed by atoms with Crippen molar-refractivity contribution in [2.45, 2.75) is 0 Å². The molecule has 1 rings (SSSR count). The van der Waals surface area contributed by atoms with Crippen LogP contribution in [0.15, 0.2) is 0 Å². The maximum absolute atomic E-state index is 8.00. The first-order valence-corrected chi connectivity index (χ1v) is 3.51. The average Bonchev–Trinajstić information content (AvgIpc) is 2.16. The minimum absolute atomic E-state index is 0.0844. The van der Waals surface area contributed by atoms with Gasteiger partial charge in [0.1, 0.15) is 13.5 Å². The van der Waals surface area contributed by atoms with Gasteiger partial charge in [-0.1, -0.05) is 0 Å². The highest BCUT2D eigenvalue weighted by Crippen LogP contribution is 2.02. The molecule has 8 heteroatoms. The van der Waals surface area contributed by atoms with Gasteiger partial charge in [-0.15, -0.1) is 0 Å². The summed E-state index contributed by atoms with van der Waals surface area (Å²) in [5.41, 5.74) is 10.6. The van der Waals surface area contributed by atoms with Crippen molar-refractivity contribution in [3.8, 4) is 0 Å². The van der Waals surface area contributed by atoms with E-state index in [0.717, 1.165) is 0 Å². The fourth-order valence-corrected chi connectivity index (χ4v) is 0.625. The summed E-state index contributed by atoms with van der Waals surface area (Å²) in [6.07, 6.45) is 0. The number of hydrogen-bond acceptors (Lipinski definition) is 8. The second kappa shape index (κ2) is 6.54. The standard InChI is InChI=1S/C5H10N6O.CH2O/c1-12-2-8-5-10-3(6)9-4(7)11-5;1-2/h2H2,1H3,(H5,6,7,8,9,10,11);1H2.